The van der Waals surface area contributed by atoms with Gasteiger partial charge in [0.2, 0.25) is 0 Å². The largest absolute Gasteiger partial charge is 0.497 e. The second kappa shape index (κ2) is 8.87. The van der Waals surface area contributed by atoms with E-state index in [1.807, 2.05) is 18.2 Å². The molecular formula is C16H26N2O3. The summed E-state index contributed by atoms with van der Waals surface area (Å²) in [6.45, 7) is 6.85. The number of rotatable bonds is 8. The van der Waals surface area contributed by atoms with Gasteiger partial charge in [-0.1, -0.05) is 0 Å². The summed E-state index contributed by atoms with van der Waals surface area (Å²) >= 11 is 0. The van der Waals surface area contributed by atoms with Crippen LogP contribution < -0.4 is 14.8 Å². The second-order valence-corrected chi connectivity index (χ2v) is 5.21. The molecule has 0 amide bonds. The van der Waals surface area contributed by atoms with E-state index in [0.717, 1.165) is 63.9 Å². The first kappa shape index (κ1) is 16.1. The number of nitrogens with one attached hydrogen (secondary N) is 1. The van der Waals surface area contributed by atoms with E-state index >= 15 is 0 Å². The minimum absolute atomic E-state index is 0.830. The van der Waals surface area contributed by atoms with Gasteiger partial charge in [-0.05, 0) is 37.2 Å². The van der Waals surface area contributed by atoms with Gasteiger partial charge < -0.3 is 19.5 Å². The fraction of sp³-hybridized carbons (Fsp3) is 0.625. The standard InChI is InChI=1S/C16H26N2O3/c1-19-15-10-14(11-16(12-15)20-2)13-17-4-3-5-18-6-8-21-9-7-18/h10-12,17H,3-9,13H2,1-2H3. The molecule has 1 aliphatic rings. The lowest BCUT2D eigenvalue weighted by Crippen LogP contribution is -2.37. The first-order valence-electron chi connectivity index (χ1n) is 7.54. The van der Waals surface area contributed by atoms with Crippen LogP contribution in [0.2, 0.25) is 0 Å². The molecule has 0 atom stereocenters. The molecule has 0 saturated carbocycles. The minimum atomic E-state index is 0.830. The fourth-order valence-electron chi connectivity index (χ4n) is 2.45. The third-order valence-corrected chi connectivity index (χ3v) is 3.67. The summed E-state index contributed by atoms with van der Waals surface area (Å²) in [7, 11) is 3.35. The van der Waals surface area contributed by atoms with E-state index in [2.05, 4.69) is 10.2 Å². The molecule has 0 radical (unpaired) electrons. The van der Waals surface area contributed by atoms with Crippen molar-refractivity contribution in [3.63, 3.8) is 0 Å². The van der Waals surface area contributed by atoms with Gasteiger partial charge in [-0.25, -0.2) is 0 Å². The van der Waals surface area contributed by atoms with Crippen LogP contribution in [0.15, 0.2) is 18.2 Å². The fourth-order valence-corrected chi connectivity index (χ4v) is 2.45. The van der Waals surface area contributed by atoms with E-state index in [4.69, 9.17) is 14.2 Å². The van der Waals surface area contributed by atoms with Crippen LogP contribution in [0.1, 0.15) is 12.0 Å². The Hall–Kier alpha value is -1.30. The molecule has 1 fully saturated rings. The summed E-state index contributed by atoms with van der Waals surface area (Å²) < 4.78 is 15.9. The highest BCUT2D eigenvalue weighted by atomic mass is 16.5. The number of morpholine rings is 1. The number of benzene rings is 1. The summed E-state index contributed by atoms with van der Waals surface area (Å²) in [6.07, 6.45) is 1.15. The summed E-state index contributed by atoms with van der Waals surface area (Å²) in [5, 5.41) is 3.47. The van der Waals surface area contributed by atoms with Crippen molar-refractivity contribution in [2.45, 2.75) is 13.0 Å². The first-order chi connectivity index (χ1) is 10.3. The molecule has 0 aliphatic carbocycles. The Morgan fingerprint density at radius 3 is 2.38 bits per heavy atom. The summed E-state index contributed by atoms with van der Waals surface area (Å²) in [4.78, 5) is 2.46. The maximum atomic E-state index is 5.35. The topological polar surface area (TPSA) is 43.0 Å². The van der Waals surface area contributed by atoms with Gasteiger partial charge in [0.1, 0.15) is 11.5 Å². The van der Waals surface area contributed by atoms with Gasteiger partial charge in [0.25, 0.3) is 0 Å². The van der Waals surface area contributed by atoms with Crippen LogP contribution >= 0.6 is 0 Å². The van der Waals surface area contributed by atoms with Gasteiger partial charge in [0.15, 0.2) is 0 Å². The number of nitrogens with zero attached hydrogens (tertiary/aromatic N) is 1. The highest BCUT2D eigenvalue weighted by Gasteiger charge is 2.09. The molecule has 118 valence electrons. The lowest BCUT2D eigenvalue weighted by Gasteiger charge is -2.26. The van der Waals surface area contributed by atoms with Crippen molar-refractivity contribution in [3.05, 3.63) is 23.8 Å². The molecule has 0 bridgehead atoms. The molecule has 21 heavy (non-hydrogen) atoms. The average Bonchev–Trinajstić information content (AvgIpc) is 2.55. The van der Waals surface area contributed by atoms with Crippen LogP contribution in [0.4, 0.5) is 0 Å². The van der Waals surface area contributed by atoms with E-state index in [1.54, 1.807) is 14.2 Å². The zero-order chi connectivity index (χ0) is 14.9. The van der Waals surface area contributed by atoms with Crippen molar-refractivity contribution in [2.24, 2.45) is 0 Å². The Kier molecular flexibility index (Phi) is 6.79. The molecular weight excluding hydrogens is 268 g/mol. The Morgan fingerprint density at radius 2 is 1.76 bits per heavy atom. The van der Waals surface area contributed by atoms with E-state index in [-0.39, 0.29) is 0 Å². The molecule has 1 aliphatic heterocycles. The second-order valence-electron chi connectivity index (χ2n) is 5.21. The smallest absolute Gasteiger partial charge is 0.122 e. The lowest BCUT2D eigenvalue weighted by molar-refractivity contribution is 0.0374. The molecule has 5 heteroatoms. The van der Waals surface area contributed by atoms with Crippen molar-refractivity contribution in [3.8, 4) is 11.5 Å². The van der Waals surface area contributed by atoms with Gasteiger partial charge in [-0.15, -0.1) is 0 Å². The third kappa shape index (κ3) is 5.53. The highest BCUT2D eigenvalue weighted by Crippen LogP contribution is 2.22. The molecule has 1 aromatic carbocycles. The lowest BCUT2D eigenvalue weighted by atomic mass is 10.2. The zero-order valence-electron chi connectivity index (χ0n) is 13.1. The maximum Gasteiger partial charge on any atom is 0.122 e. The summed E-state index contributed by atoms with van der Waals surface area (Å²) in [6, 6.07) is 5.97. The van der Waals surface area contributed by atoms with Crippen molar-refractivity contribution < 1.29 is 14.2 Å². The third-order valence-electron chi connectivity index (χ3n) is 3.67. The van der Waals surface area contributed by atoms with Crippen LogP contribution in [0.3, 0.4) is 0 Å². The molecule has 2 rings (SSSR count). The monoisotopic (exact) mass is 294 g/mol. The first-order valence-corrected chi connectivity index (χ1v) is 7.54. The summed E-state index contributed by atoms with van der Waals surface area (Å²) in [5.41, 5.74) is 1.18. The van der Waals surface area contributed by atoms with Gasteiger partial charge in [-0.3, -0.25) is 4.90 Å². The van der Waals surface area contributed by atoms with Crippen LogP contribution in [0.25, 0.3) is 0 Å². The molecule has 0 unspecified atom stereocenters. The number of ether oxygens (including phenoxy) is 3. The van der Waals surface area contributed by atoms with E-state index in [0.29, 0.717) is 0 Å². The minimum Gasteiger partial charge on any atom is -0.497 e. The van der Waals surface area contributed by atoms with Crippen molar-refractivity contribution in [1.82, 2.24) is 10.2 Å². The highest BCUT2D eigenvalue weighted by molar-refractivity contribution is 5.38. The van der Waals surface area contributed by atoms with Crippen LogP contribution in [-0.4, -0.2) is 58.5 Å². The summed E-state index contributed by atoms with van der Waals surface area (Å²) in [5.74, 6) is 1.67. The zero-order valence-corrected chi connectivity index (χ0v) is 13.1. The predicted molar refractivity (Wildman–Crippen MR) is 83.1 cm³/mol. The number of methoxy groups -OCH3 is 2. The van der Waals surface area contributed by atoms with Crippen molar-refractivity contribution in [2.75, 3.05) is 53.6 Å². The maximum absolute atomic E-state index is 5.35. The molecule has 1 saturated heterocycles. The number of hydrogen-bond donors (Lipinski definition) is 1. The van der Waals surface area contributed by atoms with Gasteiger partial charge >= 0.3 is 0 Å². The Balaban J connectivity index is 1.68. The van der Waals surface area contributed by atoms with Gasteiger partial charge in [-0.2, -0.15) is 0 Å². The van der Waals surface area contributed by atoms with Gasteiger partial charge in [0.05, 0.1) is 27.4 Å². The molecule has 0 aromatic heterocycles. The quantitative estimate of drug-likeness (QED) is 0.736. The predicted octanol–water partition coefficient (Wildman–Crippen LogP) is 1.52. The van der Waals surface area contributed by atoms with Crippen molar-refractivity contribution >= 4 is 0 Å². The number of hydrogen-bond acceptors (Lipinski definition) is 5. The van der Waals surface area contributed by atoms with Crippen LogP contribution in [-0.2, 0) is 11.3 Å². The Morgan fingerprint density at radius 1 is 1.10 bits per heavy atom. The molecule has 5 nitrogen and oxygen atoms in total. The molecule has 1 aromatic rings. The van der Waals surface area contributed by atoms with E-state index in [9.17, 15) is 0 Å². The molecule has 1 N–H and O–H groups in total. The van der Waals surface area contributed by atoms with Crippen molar-refractivity contribution in [1.29, 1.82) is 0 Å². The van der Waals surface area contributed by atoms with Crippen LogP contribution in [0.5, 0.6) is 11.5 Å². The molecule has 0 spiro atoms. The SMILES string of the molecule is COc1cc(CNCCCN2CCOCC2)cc(OC)c1. The van der Waals surface area contributed by atoms with E-state index in [1.165, 1.54) is 5.56 Å². The van der Waals surface area contributed by atoms with E-state index < -0.39 is 0 Å². The Labute approximate surface area is 127 Å². The van der Waals surface area contributed by atoms with Gasteiger partial charge in [0, 0.05) is 25.7 Å². The molecule has 1 heterocycles. The normalized spacial score (nSPS) is 15.9. The Bertz CT molecular complexity index is 398. The van der Waals surface area contributed by atoms with Crippen LogP contribution in [0, 0.1) is 0 Å². The average molecular weight is 294 g/mol.